The molecule has 1 aliphatic carbocycles. The van der Waals surface area contributed by atoms with Gasteiger partial charge in [0.05, 0.1) is 5.92 Å². The lowest BCUT2D eigenvalue weighted by atomic mass is 9.93. The van der Waals surface area contributed by atoms with E-state index >= 15 is 0 Å². The zero-order valence-corrected chi connectivity index (χ0v) is 14.4. The predicted molar refractivity (Wildman–Crippen MR) is 89.8 cm³/mol. The predicted octanol–water partition coefficient (Wildman–Crippen LogP) is 2.10. The first-order valence-corrected chi connectivity index (χ1v) is 9.38. The van der Waals surface area contributed by atoms with Crippen LogP contribution in [0.4, 0.5) is 0 Å². The van der Waals surface area contributed by atoms with Crippen LogP contribution in [0.3, 0.4) is 0 Å². The van der Waals surface area contributed by atoms with Gasteiger partial charge in [-0.15, -0.1) is 0 Å². The molecule has 3 rings (SSSR count). The van der Waals surface area contributed by atoms with Gasteiger partial charge in [0.15, 0.2) is 0 Å². The second kappa shape index (κ2) is 7.31. The third kappa shape index (κ3) is 4.45. The summed E-state index contributed by atoms with van der Waals surface area (Å²) in [7, 11) is 0. The van der Waals surface area contributed by atoms with Crippen molar-refractivity contribution in [1.82, 2.24) is 15.1 Å². The molecule has 1 N–H and O–H groups in total. The number of amides is 1. The minimum absolute atomic E-state index is 0.239. The van der Waals surface area contributed by atoms with Crippen LogP contribution < -0.4 is 5.32 Å². The molecule has 0 aromatic rings. The van der Waals surface area contributed by atoms with Crippen LogP contribution >= 0.6 is 0 Å². The number of carbonyl (C=O) groups is 1. The van der Waals surface area contributed by atoms with Crippen LogP contribution in [0, 0.1) is 11.8 Å². The quantitative estimate of drug-likeness (QED) is 0.845. The number of hydrogen-bond donors (Lipinski definition) is 1. The van der Waals surface area contributed by atoms with E-state index in [0.29, 0.717) is 18.0 Å². The molecule has 4 heteroatoms. The van der Waals surface area contributed by atoms with Gasteiger partial charge < -0.3 is 10.2 Å². The Hall–Kier alpha value is -0.610. The van der Waals surface area contributed by atoms with Crippen LogP contribution in [0.25, 0.3) is 0 Å². The first kappa shape index (κ1) is 16.3. The molecule has 2 aliphatic heterocycles. The van der Waals surface area contributed by atoms with E-state index < -0.39 is 0 Å². The Morgan fingerprint density at radius 1 is 1.09 bits per heavy atom. The van der Waals surface area contributed by atoms with E-state index in [1.165, 1.54) is 58.3 Å². The average molecular weight is 307 g/mol. The van der Waals surface area contributed by atoms with Crippen molar-refractivity contribution in [2.75, 3.05) is 32.7 Å². The zero-order valence-electron chi connectivity index (χ0n) is 14.4. The van der Waals surface area contributed by atoms with Crippen LogP contribution in [0.1, 0.15) is 52.4 Å². The van der Waals surface area contributed by atoms with Crippen molar-refractivity contribution >= 4 is 5.91 Å². The molecule has 0 aromatic heterocycles. The third-order valence-corrected chi connectivity index (χ3v) is 5.44. The fourth-order valence-corrected chi connectivity index (χ4v) is 4.08. The molecule has 0 bridgehead atoms. The van der Waals surface area contributed by atoms with Gasteiger partial charge in [0, 0.05) is 25.2 Å². The second-order valence-corrected chi connectivity index (χ2v) is 8.04. The second-order valence-electron chi connectivity index (χ2n) is 8.04. The molecule has 0 aromatic carbocycles. The molecular weight excluding hydrogens is 274 g/mol. The summed E-state index contributed by atoms with van der Waals surface area (Å²) in [6.45, 7) is 10.5. The highest BCUT2D eigenvalue weighted by Crippen LogP contribution is 2.26. The molecule has 1 atom stereocenters. The summed E-state index contributed by atoms with van der Waals surface area (Å²) < 4.78 is 0. The van der Waals surface area contributed by atoms with E-state index in [4.69, 9.17) is 0 Å². The SMILES string of the molecule is CC(C)CN1CCC(N2CCCC(C(=O)NC3CC3)C2)CC1. The van der Waals surface area contributed by atoms with Crippen molar-refractivity contribution < 1.29 is 4.79 Å². The monoisotopic (exact) mass is 307 g/mol. The minimum atomic E-state index is 0.239. The maximum absolute atomic E-state index is 12.3. The Morgan fingerprint density at radius 2 is 1.82 bits per heavy atom. The van der Waals surface area contributed by atoms with Gasteiger partial charge in [-0.3, -0.25) is 9.69 Å². The normalized spacial score (nSPS) is 29.0. The van der Waals surface area contributed by atoms with Gasteiger partial charge in [-0.2, -0.15) is 0 Å². The number of nitrogens with zero attached hydrogens (tertiary/aromatic N) is 2. The van der Waals surface area contributed by atoms with E-state index in [9.17, 15) is 4.79 Å². The number of nitrogens with one attached hydrogen (secondary N) is 1. The zero-order chi connectivity index (χ0) is 15.5. The summed E-state index contributed by atoms with van der Waals surface area (Å²) in [4.78, 5) is 17.5. The summed E-state index contributed by atoms with van der Waals surface area (Å²) in [5.74, 6) is 1.33. The maximum atomic E-state index is 12.3. The van der Waals surface area contributed by atoms with Crippen molar-refractivity contribution in [2.24, 2.45) is 11.8 Å². The Morgan fingerprint density at radius 3 is 2.45 bits per heavy atom. The largest absolute Gasteiger partial charge is 0.353 e. The average Bonchev–Trinajstić information content (AvgIpc) is 3.31. The number of likely N-dealkylation sites (tertiary alicyclic amines) is 2. The summed E-state index contributed by atoms with van der Waals surface area (Å²) in [5, 5.41) is 3.20. The molecule has 22 heavy (non-hydrogen) atoms. The fraction of sp³-hybridized carbons (Fsp3) is 0.944. The Bertz CT molecular complexity index is 373. The highest BCUT2D eigenvalue weighted by molar-refractivity contribution is 5.79. The molecule has 2 heterocycles. The molecule has 3 fully saturated rings. The maximum Gasteiger partial charge on any atom is 0.224 e. The van der Waals surface area contributed by atoms with Gasteiger partial charge in [-0.05, 0) is 64.1 Å². The molecule has 1 saturated carbocycles. The Kier molecular flexibility index (Phi) is 5.40. The standard InChI is InChI=1S/C18H33N3O/c1-14(2)12-20-10-7-17(8-11-20)21-9-3-4-15(13-21)18(22)19-16-5-6-16/h14-17H,3-13H2,1-2H3,(H,19,22). The molecule has 126 valence electrons. The highest BCUT2D eigenvalue weighted by atomic mass is 16.2. The number of piperidine rings is 2. The third-order valence-electron chi connectivity index (χ3n) is 5.44. The van der Waals surface area contributed by atoms with Crippen molar-refractivity contribution in [3.63, 3.8) is 0 Å². The van der Waals surface area contributed by atoms with Gasteiger partial charge in [0.25, 0.3) is 0 Å². The van der Waals surface area contributed by atoms with Crippen molar-refractivity contribution in [3.05, 3.63) is 0 Å². The van der Waals surface area contributed by atoms with Gasteiger partial charge in [-0.25, -0.2) is 0 Å². The molecule has 1 amide bonds. The lowest BCUT2D eigenvalue weighted by Gasteiger charge is -2.42. The van der Waals surface area contributed by atoms with Crippen LogP contribution in [0.15, 0.2) is 0 Å². The summed E-state index contributed by atoms with van der Waals surface area (Å²) in [6.07, 6.45) is 7.22. The molecule has 0 radical (unpaired) electrons. The molecule has 1 unspecified atom stereocenters. The first-order chi connectivity index (χ1) is 10.6. The lowest BCUT2D eigenvalue weighted by molar-refractivity contribution is -0.127. The summed E-state index contributed by atoms with van der Waals surface area (Å²) in [6, 6.07) is 1.21. The van der Waals surface area contributed by atoms with Crippen molar-refractivity contribution in [3.8, 4) is 0 Å². The first-order valence-electron chi connectivity index (χ1n) is 9.38. The fourth-order valence-electron chi connectivity index (χ4n) is 4.08. The lowest BCUT2D eigenvalue weighted by Crippen LogP contribution is -2.51. The summed E-state index contributed by atoms with van der Waals surface area (Å²) in [5.41, 5.74) is 0. The molecule has 4 nitrogen and oxygen atoms in total. The number of hydrogen-bond acceptors (Lipinski definition) is 3. The highest BCUT2D eigenvalue weighted by Gasteiger charge is 2.33. The van der Waals surface area contributed by atoms with E-state index in [1.54, 1.807) is 0 Å². The molecule has 0 spiro atoms. The van der Waals surface area contributed by atoms with Gasteiger partial charge in [0.2, 0.25) is 5.91 Å². The van der Waals surface area contributed by atoms with Gasteiger partial charge in [0.1, 0.15) is 0 Å². The van der Waals surface area contributed by atoms with Gasteiger partial charge >= 0.3 is 0 Å². The molecule has 3 aliphatic rings. The van der Waals surface area contributed by atoms with Crippen LogP contribution in [0.2, 0.25) is 0 Å². The van der Waals surface area contributed by atoms with E-state index in [0.717, 1.165) is 18.9 Å². The van der Waals surface area contributed by atoms with Crippen LogP contribution in [-0.4, -0.2) is 60.5 Å². The Labute approximate surface area is 135 Å². The Balaban J connectivity index is 1.45. The smallest absolute Gasteiger partial charge is 0.224 e. The van der Waals surface area contributed by atoms with E-state index in [2.05, 4.69) is 29.0 Å². The van der Waals surface area contributed by atoms with Crippen LogP contribution in [-0.2, 0) is 4.79 Å². The van der Waals surface area contributed by atoms with Crippen molar-refractivity contribution in [1.29, 1.82) is 0 Å². The number of rotatable bonds is 5. The van der Waals surface area contributed by atoms with E-state index in [-0.39, 0.29) is 5.92 Å². The van der Waals surface area contributed by atoms with Crippen LogP contribution in [0.5, 0.6) is 0 Å². The van der Waals surface area contributed by atoms with E-state index in [1.807, 2.05) is 0 Å². The van der Waals surface area contributed by atoms with Gasteiger partial charge in [-0.1, -0.05) is 13.8 Å². The number of carbonyl (C=O) groups excluding carboxylic acids is 1. The van der Waals surface area contributed by atoms with Crippen molar-refractivity contribution in [2.45, 2.75) is 64.5 Å². The topological polar surface area (TPSA) is 35.6 Å². The molecular formula is C18H33N3O. The molecule has 2 saturated heterocycles. The minimum Gasteiger partial charge on any atom is -0.353 e. The summed E-state index contributed by atoms with van der Waals surface area (Å²) >= 11 is 0.